The summed E-state index contributed by atoms with van der Waals surface area (Å²) in [4.78, 5) is 44.9. The third-order valence-corrected chi connectivity index (χ3v) is 9.79. The van der Waals surface area contributed by atoms with E-state index in [-0.39, 0.29) is 36.2 Å². The van der Waals surface area contributed by atoms with Gasteiger partial charge in [0.2, 0.25) is 11.8 Å². The van der Waals surface area contributed by atoms with Gasteiger partial charge in [-0.1, -0.05) is 61.9 Å². The van der Waals surface area contributed by atoms with Gasteiger partial charge in [0.1, 0.15) is 12.6 Å². The number of likely N-dealkylation sites (tertiary alicyclic amines) is 1. The Kier molecular flexibility index (Phi) is 9.13. The lowest BCUT2D eigenvalue weighted by Gasteiger charge is -2.37. The summed E-state index contributed by atoms with van der Waals surface area (Å²) in [6.45, 7) is 9.03. The highest BCUT2D eigenvalue weighted by molar-refractivity contribution is 8.02. The van der Waals surface area contributed by atoms with Gasteiger partial charge in [-0.25, -0.2) is 0 Å². The Morgan fingerprint density at radius 3 is 2.62 bits per heavy atom. The largest absolute Gasteiger partial charge is 0.461 e. The molecule has 5 atom stereocenters. The van der Waals surface area contributed by atoms with Crippen LogP contribution in [-0.4, -0.2) is 75.0 Å². The number of hydrogen-bond donors (Lipinski definition) is 1. The van der Waals surface area contributed by atoms with E-state index < -0.39 is 22.6 Å². The van der Waals surface area contributed by atoms with Gasteiger partial charge in [-0.3, -0.25) is 14.4 Å². The van der Waals surface area contributed by atoms with Crippen LogP contribution in [0.1, 0.15) is 44.1 Å². The van der Waals surface area contributed by atoms with E-state index in [0.29, 0.717) is 19.6 Å². The summed E-state index contributed by atoms with van der Waals surface area (Å²) in [7, 11) is 0. The molecule has 8 heteroatoms. The van der Waals surface area contributed by atoms with Crippen molar-refractivity contribution in [3.8, 4) is 0 Å². The first-order valence-corrected chi connectivity index (χ1v) is 14.2. The van der Waals surface area contributed by atoms with Gasteiger partial charge in [-0.2, -0.15) is 0 Å². The van der Waals surface area contributed by atoms with Crippen LogP contribution < -0.4 is 0 Å². The molecule has 0 aliphatic carbocycles. The number of amides is 2. The van der Waals surface area contributed by atoms with E-state index >= 15 is 0 Å². The first-order valence-electron chi connectivity index (χ1n) is 13.3. The molecule has 7 nitrogen and oxygen atoms in total. The molecule has 2 bridgehead atoms. The van der Waals surface area contributed by atoms with E-state index in [1.165, 1.54) is 6.08 Å². The fraction of sp³-hybridized carbons (Fsp3) is 0.552. The van der Waals surface area contributed by atoms with Crippen molar-refractivity contribution in [1.29, 1.82) is 0 Å². The van der Waals surface area contributed by atoms with Gasteiger partial charge in [0.25, 0.3) is 0 Å². The number of carbonyl (C=O) groups is 3. The Hall–Kier alpha value is -2.58. The zero-order valence-electron chi connectivity index (χ0n) is 21.4. The standard InChI is InChI=1S/C29H38N2O5S/c1-3-16-30(20-21-12-8-7-9-13-21)27(34)25-29-15-14-22(37-29)23(28(35)36-19-4-2)24(29)26(33)31(25)17-10-5-6-11-18-32/h3-4,7-9,12-13,22-25,32H,1-2,5-6,10-11,14-20H2/t22-,23+,24-,25?,29?/m0/s1. The van der Waals surface area contributed by atoms with Gasteiger partial charge in [-0.15, -0.1) is 18.3 Å². The Labute approximate surface area is 223 Å². The molecule has 1 spiro atoms. The topological polar surface area (TPSA) is 87.2 Å². The number of carbonyl (C=O) groups excluding carboxylic acids is 3. The van der Waals surface area contributed by atoms with E-state index in [1.54, 1.807) is 27.6 Å². The molecule has 1 N–H and O–H groups in total. The summed E-state index contributed by atoms with van der Waals surface area (Å²) in [5.41, 5.74) is 1.01. The van der Waals surface area contributed by atoms with Crippen molar-refractivity contribution < 1.29 is 24.2 Å². The molecule has 1 aromatic rings. The van der Waals surface area contributed by atoms with Crippen LogP contribution >= 0.6 is 11.8 Å². The van der Waals surface area contributed by atoms with Gasteiger partial charge in [0.15, 0.2) is 0 Å². The number of esters is 1. The molecule has 3 fully saturated rings. The van der Waals surface area contributed by atoms with E-state index in [9.17, 15) is 14.4 Å². The molecule has 1 aromatic carbocycles. The number of hydrogen-bond acceptors (Lipinski definition) is 6. The van der Waals surface area contributed by atoms with Crippen LogP contribution in [0.3, 0.4) is 0 Å². The van der Waals surface area contributed by atoms with Gasteiger partial charge < -0.3 is 19.6 Å². The lowest BCUT2D eigenvalue weighted by molar-refractivity contribution is -0.153. The van der Waals surface area contributed by atoms with Gasteiger partial charge in [0, 0.05) is 31.5 Å². The molecular formula is C29H38N2O5S. The number of fused-ring (bicyclic) bond motifs is 1. The van der Waals surface area contributed by atoms with Crippen molar-refractivity contribution in [3.63, 3.8) is 0 Å². The summed E-state index contributed by atoms with van der Waals surface area (Å²) in [6.07, 6.45) is 7.98. The number of benzene rings is 1. The average molecular weight is 527 g/mol. The number of unbranched alkanes of at least 4 members (excludes halogenated alkanes) is 3. The molecule has 37 heavy (non-hydrogen) atoms. The van der Waals surface area contributed by atoms with E-state index in [2.05, 4.69) is 13.2 Å². The van der Waals surface area contributed by atoms with Crippen LogP contribution in [0.5, 0.6) is 0 Å². The van der Waals surface area contributed by atoms with Crippen LogP contribution in [0.4, 0.5) is 0 Å². The van der Waals surface area contributed by atoms with Crippen molar-refractivity contribution in [2.75, 3.05) is 26.3 Å². The molecule has 200 valence electrons. The number of aliphatic hydroxyl groups excluding tert-OH is 1. The molecule has 0 aromatic heterocycles. The number of ether oxygens (including phenoxy) is 1. The monoisotopic (exact) mass is 526 g/mol. The second-order valence-electron chi connectivity index (χ2n) is 10.1. The second kappa shape index (κ2) is 12.3. The molecule has 2 amide bonds. The molecule has 3 heterocycles. The lowest BCUT2D eigenvalue weighted by atomic mass is 9.71. The highest BCUT2D eigenvalue weighted by Gasteiger charge is 2.74. The maximum atomic E-state index is 14.3. The fourth-order valence-electron chi connectivity index (χ4n) is 6.29. The average Bonchev–Trinajstić information content (AvgIpc) is 3.54. The zero-order chi connectivity index (χ0) is 26.4. The summed E-state index contributed by atoms with van der Waals surface area (Å²) >= 11 is 1.66. The minimum atomic E-state index is -0.627. The van der Waals surface area contributed by atoms with Crippen molar-refractivity contribution in [2.45, 2.75) is 61.1 Å². The lowest BCUT2D eigenvalue weighted by Crippen LogP contribution is -2.54. The van der Waals surface area contributed by atoms with Crippen molar-refractivity contribution in [1.82, 2.24) is 9.80 Å². The first-order chi connectivity index (χ1) is 18.0. The molecule has 0 radical (unpaired) electrons. The Balaban J connectivity index is 1.64. The molecular weight excluding hydrogens is 488 g/mol. The predicted octanol–water partition coefficient (Wildman–Crippen LogP) is 3.57. The van der Waals surface area contributed by atoms with Crippen LogP contribution in [0.25, 0.3) is 0 Å². The van der Waals surface area contributed by atoms with Crippen LogP contribution in [0, 0.1) is 11.8 Å². The van der Waals surface area contributed by atoms with Crippen LogP contribution in [0.2, 0.25) is 0 Å². The summed E-state index contributed by atoms with van der Waals surface area (Å²) in [5, 5.41) is 9.10. The molecule has 2 unspecified atom stereocenters. The number of nitrogens with zero attached hydrogens (tertiary/aromatic N) is 2. The van der Waals surface area contributed by atoms with Crippen molar-refractivity contribution >= 4 is 29.5 Å². The fourth-order valence-corrected chi connectivity index (χ4v) is 8.49. The Bertz CT molecular complexity index is 1000. The SMILES string of the molecule is C=CCOC(=O)[C@@H]1[C@@H]2CCC3(S2)C(C(=O)N(CC=C)Cc2ccccc2)N(CCCCCCO)C(=O)[C@H]13. The molecule has 3 aliphatic rings. The first kappa shape index (κ1) is 27.5. The maximum absolute atomic E-state index is 14.3. The Morgan fingerprint density at radius 2 is 1.92 bits per heavy atom. The van der Waals surface area contributed by atoms with Crippen LogP contribution in [-0.2, 0) is 25.7 Å². The normalized spacial score (nSPS) is 27.7. The maximum Gasteiger partial charge on any atom is 0.311 e. The Morgan fingerprint density at radius 1 is 1.16 bits per heavy atom. The van der Waals surface area contributed by atoms with Crippen LogP contribution in [0.15, 0.2) is 55.6 Å². The summed E-state index contributed by atoms with van der Waals surface area (Å²) in [6, 6.07) is 9.20. The van der Waals surface area contributed by atoms with Crippen molar-refractivity contribution in [2.24, 2.45) is 11.8 Å². The smallest absolute Gasteiger partial charge is 0.311 e. The minimum Gasteiger partial charge on any atom is -0.461 e. The van der Waals surface area contributed by atoms with Crippen molar-refractivity contribution in [3.05, 3.63) is 61.2 Å². The highest BCUT2D eigenvalue weighted by atomic mass is 32.2. The minimum absolute atomic E-state index is 0.0183. The van der Waals surface area contributed by atoms with E-state index in [0.717, 1.165) is 44.1 Å². The second-order valence-corrected chi connectivity index (χ2v) is 11.7. The van der Waals surface area contributed by atoms with Gasteiger partial charge in [-0.05, 0) is 31.2 Å². The predicted molar refractivity (Wildman–Crippen MR) is 145 cm³/mol. The third kappa shape index (κ3) is 5.36. The highest BCUT2D eigenvalue weighted by Crippen LogP contribution is 2.66. The summed E-state index contributed by atoms with van der Waals surface area (Å²) in [5.74, 6) is -1.64. The molecule has 0 saturated carbocycles. The third-order valence-electron chi connectivity index (χ3n) is 7.83. The molecule has 3 saturated heterocycles. The summed E-state index contributed by atoms with van der Waals surface area (Å²) < 4.78 is 4.80. The molecule has 3 aliphatic heterocycles. The van der Waals surface area contributed by atoms with Gasteiger partial charge >= 0.3 is 5.97 Å². The van der Waals surface area contributed by atoms with E-state index in [1.807, 2.05) is 30.3 Å². The quantitative estimate of drug-likeness (QED) is 0.227. The number of rotatable bonds is 14. The molecule has 4 rings (SSSR count). The zero-order valence-corrected chi connectivity index (χ0v) is 22.2. The van der Waals surface area contributed by atoms with Gasteiger partial charge in [0.05, 0.1) is 16.6 Å². The number of thioether (sulfide) groups is 1. The number of aliphatic hydroxyl groups is 1. The van der Waals surface area contributed by atoms with E-state index in [4.69, 9.17) is 9.84 Å².